The van der Waals surface area contributed by atoms with E-state index in [0.717, 1.165) is 67.3 Å². The minimum absolute atomic E-state index is 0.642. The molecule has 0 saturated heterocycles. The van der Waals surface area contributed by atoms with E-state index in [-0.39, 0.29) is 0 Å². The predicted octanol–water partition coefficient (Wildman–Crippen LogP) is 29.4. The largest absolute Gasteiger partial charge is 0.309 e. The Balaban J connectivity index is 0.000000135. The van der Waals surface area contributed by atoms with E-state index in [1.165, 1.54) is 135 Å². The number of thiophene rings is 4. The van der Waals surface area contributed by atoms with Crippen molar-refractivity contribution in [3.8, 4) is 102 Å². The summed E-state index contributed by atoms with van der Waals surface area (Å²) in [4.78, 5) is 25.3. The van der Waals surface area contributed by atoms with Crippen molar-refractivity contribution < 1.29 is 0 Å². The van der Waals surface area contributed by atoms with E-state index in [1.54, 1.807) is 0 Å². The van der Waals surface area contributed by atoms with Crippen molar-refractivity contribution >= 4 is 170 Å². The van der Waals surface area contributed by atoms with E-state index in [0.29, 0.717) is 23.3 Å². The molecule has 7 nitrogen and oxygen atoms in total. The second-order valence-electron chi connectivity index (χ2n) is 28.9. The van der Waals surface area contributed by atoms with Gasteiger partial charge in [0.15, 0.2) is 23.3 Å². The number of nitrogens with zero attached hydrogens (tertiary/aromatic N) is 7. The molecule has 0 aliphatic carbocycles. The van der Waals surface area contributed by atoms with Crippen LogP contribution < -0.4 is 0 Å². The van der Waals surface area contributed by atoms with Crippen LogP contribution in [0, 0.1) is 0 Å². The number of aromatic nitrogens is 7. The molecule has 0 atom stereocenters. The van der Waals surface area contributed by atoms with Gasteiger partial charge in [-0.15, -0.1) is 45.3 Å². The zero-order valence-electron chi connectivity index (χ0n) is 61.0. The van der Waals surface area contributed by atoms with Gasteiger partial charge in [0, 0.05) is 158 Å². The molecule has 11 heteroatoms. The van der Waals surface area contributed by atoms with Gasteiger partial charge in [0.1, 0.15) is 0 Å². The highest BCUT2D eigenvalue weighted by atomic mass is 32.1. The van der Waals surface area contributed by atoms with E-state index in [9.17, 15) is 0 Å². The van der Waals surface area contributed by atoms with E-state index in [4.69, 9.17) is 24.9 Å². The van der Waals surface area contributed by atoms with Crippen LogP contribution in [0.3, 0.4) is 0 Å². The van der Waals surface area contributed by atoms with E-state index in [1.807, 2.05) is 93.9 Å². The Kier molecular flexibility index (Phi) is 15.6. The molecule has 0 aliphatic heterocycles. The lowest BCUT2D eigenvalue weighted by Gasteiger charge is -2.13. The van der Waals surface area contributed by atoms with E-state index in [2.05, 4.69) is 331 Å². The third-order valence-corrected chi connectivity index (χ3v) is 27.1. The van der Waals surface area contributed by atoms with Crippen LogP contribution in [0.5, 0.6) is 0 Å². The van der Waals surface area contributed by atoms with Crippen LogP contribution >= 0.6 is 45.3 Å². The molecule has 0 saturated carbocycles. The second kappa shape index (κ2) is 26.9. The first-order chi connectivity index (χ1) is 56.5. The summed E-state index contributed by atoms with van der Waals surface area (Å²) in [6.45, 7) is 0. The fourth-order valence-electron chi connectivity index (χ4n) is 17.0. The van der Waals surface area contributed by atoms with Crippen LogP contribution in [0.25, 0.3) is 226 Å². The highest BCUT2D eigenvalue weighted by Gasteiger charge is 2.25. The van der Waals surface area contributed by atoms with Gasteiger partial charge in [0.05, 0.1) is 33.5 Å². The van der Waals surface area contributed by atoms with Gasteiger partial charge < -0.3 is 9.13 Å². The number of hydrogen-bond donors (Lipinski definition) is 0. The Morgan fingerprint density at radius 2 is 0.509 bits per heavy atom. The number of para-hydroxylation sites is 2. The molecular weight excluding hydrogens is 1460 g/mol. The molecule has 24 aromatic rings. The molecule has 0 fully saturated rings. The average Bonchev–Trinajstić information content (AvgIpc) is 1.57. The maximum atomic E-state index is 5.11. The lowest BCUT2D eigenvalue weighted by atomic mass is 9.99. The van der Waals surface area contributed by atoms with Gasteiger partial charge in [-0.2, -0.15) is 0 Å². The summed E-state index contributed by atoms with van der Waals surface area (Å²) < 4.78 is 15.4. The molecule has 0 unspecified atom stereocenters. The van der Waals surface area contributed by atoms with Crippen LogP contribution in [0.1, 0.15) is 0 Å². The van der Waals surface area contributed by atoms with Gasteiger partial charge >= 0.3 is 0 Å². The van der Waals surface area contributed by atoms with Gasteiger partial charge in [0.2, 0.25) is 0 Å². The van der Waals surface area contributed by atoms with Crippen LogP contribution in [-0.4, -0.2) is 34.1 Å². The summed E-state index contributed by atoms with van der Waals surface area (Å²) in [7, 11) is 0. The third-order valence-electron chi connectivity index (χ3n) is 22.3. The van der Waals surface area contributed by atoms with Crippen molar-refractivity contribution in [1.82, 2.24) is 34.1 Å². The summed E-state index contributed by atoms with van der Waals surface area (Å²) in [5.41, 5.74) is 19.6. The Labute approximate surface area is 670 Å². The number of fused-ring (bicyclic) bond motifs is 20. The van der Waals surface area contributed by atoms with Crippen molar-refractivity contribution in [3.05, 3.63) is 370 Å². The first kappa shape index (κ1) is 65.9. The lowest BCUT2D eigenvalue weighted by molar-refractivity contribution is 1.07. The third kappa shape index (κ3) is 11.0. The Hall–Kier alpha value is -13.9. The molecule has 0 spiro atoms. The molecule has 0 N–H and O–H groups in total. The standard InChI is InChI=1S/C52H31N3S2.C51H30N4S2/c1-3-13-33(14-4-1)43-31-44(34-15-5-2-6-16-34)54-52(53-43)35-25-23-32(24-26-35)41-29-36(30-42-38-18-9-12-22-48(38)56-50(41)42)55-45-20-10-7-19-40(45)49-46(55)28-27-39-37-17-8-11-21-47(37)57-51(39)49;1-3-14-31(15-4-1)49-52-50(32-16-5-2-6-17-32)54-51(53-49)34-19-13-18-33(28-34)40-29-35(30-41-37-21-9-12-25-45(37)56-47(40)41)55-42-23-10-7-22-39(42)46-43(55)27-26-38-36-20-8-11-24-44(36)57-48(38)46/h1-31H;1-30H. The van der Waals surface area contributed by atoms with Gasteiger partial charge in [-0.25, -0.2) is 24.9 Å². The minimum atomic E-state index is 0.642. The monoisotopic (exact) mass is 1520 g/mol. The first-order valence-electron chi connectivity index (χ1n) is 38.2. The van der Waals surface area contributed by atoms with Crippen molar-refractivity contribution in [2.24, 2.45) is 0 Å². The number of benzene rings is 16. The van der Waals surface area contributed by atoms with Crippen LogP contribution in [-0.2, 0) is 0 Å². The van der Waals surface area contributed by atoms with Crippen LogP contribution in [0.2, 0.25) is 0 Å². The maximum absolute atomic E-state index is 5.11. The minimum Gasteiger partial charge on any atom is -0.309 e. The molecule has 532 valence electrons. The highest BCUT2D eigenvalue weighted by molar-refractivity contribution is 7.28. The second-order valence-corrected chi connectivity index (χ2v) is 33.1. The average molecular weight is 1520 g/mol. The summed E-state index contributed by atoms with van der Waals surface area (Å²) in [6.07, 6.45) is 0. The summed E-state index contributed by atoms with van der Waals surface area (Å²) in [5.74, 6) is 2.65. The maximum Gasteiger partial charge on any atom is 0.164 e. The van der Waals surface area contributed by atoms with Crippen LogP contribution in [0.4, 0.5) is 0 Å². The summed E-state index contributed by atoms with van der Waals surface area (Å²) in [6, 6.07) is 132. The van der Waals surface area contributed by atoms with Crippen molar-refractivity contribution in [2.45, 2.75) is 0 Å². The van der Waals surface area contributed by atoms with Crippen LogP contribution in [0.15, 0.2) is 370 Å². The highest BCUT2D eigenvalue weighted by Crippen LogP contribution is 2.50. The molecule has 0 amide bonds. The zero-order chi connectivity index (χ0) is 74.9. The van der Waals surface area contributed by atoms with Gasteiger partial charge in [0.25, 0.3) is 0 Å². The molecule has 0 radical (unpaired) electrons. The molecule has 16 aromatic carbocycles. The molecule has 0 aliphatic rings. The van der Waals surface area contributed by atoms with Crippen molar-refractivity contribution in [2.75, 3.05) is 0 Å². The number of hydrogen-bond acceptors (Lipinski definition) is 9. The fraction of sp³-hybridized carbons (Fsp3) is 0. The van der Waals surface area contributed by atoms with E-state index < -0.39 is 0 Å². The summed E-state index contributed by atoms with van der Waals surface area (Å²) in [5, 5.41) is 15.5. The van der Waals surface area contributed by atoms with Crippen molar-refractivity contribution in [3.63, 3.8) is 0 Å². The smallest absolute Gasteiger partial charge is 0.164 e. The molecule has 0 bridgehead atoms. The molecule has 8 aromatic heterocycles. The van der Waals surface area contributed by atoms with Gasteiger partial charge in [-0.05, 0) is 96.1 Å². The Morgan fingerprint density at radius 1 is 0.184 bits per heavy atom. The quantitative estimate of drug-likeness (QED) is 0.136. The zero-order valence-corrected chi connectivity index (χ0v) is 64.2. The lowest BCUT2D eigenvalue weighted by Crippen LogP contribution is -2.00. The molecule has 114 heavy (non-hydrogen) atoms. The van der Waals surface area contributed by atoms with Gasteiger partial charge in [-0.3, -0.25) is 0 Å². The normalized spacial score (nSPS) is 11.9. The topological polar surface area (TPSA) is 74.3 Å². The molecule has 8 heterocycles. The summed E-state index contributed by atoms with van der Waals surface area (Å²) >= 11 is 7.51. The fourth-order valence-corrected chi connectivity index (χ4v) is 21.9. The Bertz CT molecular complexity index is 7860. The molecular formula is C103H61N7S4. The predicted molar refractivity (Wildman–Crippen MR) is 486 cm³/mol. The van der Waals surface area contributed by atoms with Gasteiger partial charge in [-0.1, -0.05) is 285 Å². The van der Waals surface area contributed by atoms with Crippen molar-refractivity contribution in [1.29, 1.82) is 0 Å². The first-order valence-corrected chi connectivity index (χ1v) is 41.4. The number of rotatable bonds is 10. The Morgan fingerprint density at radius 3 is 0.956 bits per heavy atom. The molecule has 24 rings (SSSR count). The SMILES string of the molecule is c1ccc(-c2cc(-c3ccccc3)nc(-c3ccc(-c4cc(-n5c6ccccc6c6c7sc8ccccc8c7ccc65)cc5c4sc4ccccc45)cc3)n2)cc1.c1ccc(-c2nc(-c3ccccc3)nc(-c3cccc(-c4cc(-n5c6ccccc6c6c7sc8ccccc8c7ccc65)cc5c4sc4ccccc45)c3)n2)cc1. The van der Waals surface area contributed by atoms with E-state index >= 15 is 0 Å².